The Morgan fingerprint density at radius 3 is 1.37 bits per heavy atom. The highest BCUT2D eigenvalue weighted by Gasteiger charge is 2.49. The molecule has 0 amide bonds. The monoisotopic (exact) mass is 1290 g/mol. The first-order valence-electron chi connectivity index (χ1n) is 49.4. The molecule has 3 heterocycles. The number of para-hydroxylation sites is 1. The Morgan fingerprint density at radius 2 is 0.863 bits per heavy atom. The van der Waals surface area contributed by atoms with Crippen molar-refractivity contribution >= 4 is 90.5 Å². The summed E-state index contributed by atoms with van der Waals surface area (Å²) in [6, 6.07) is -26.0. The van der Waals surface area contributed by atoms with Gasteiger partial charge in [0.1, 0.15) is 17.3 Å². The van der Waals surface area contributed by atoms with Crippen molar-refractivity contribution in [1.82, 2.24) is 14.1 Å². The van der Waals surface area contributed by atoms with E-state index in [-0.39, 0.29) is 33.7 Å². The molecule has 0 atom stereocenters. The van der Waals surface area contributed by atoms with E-state index in [1.165, 1.54) is 30.3 Å². The average molecular weight is 1290 g/mol. The third kappa shape index (κ3) is 10.3. The summed E-state index contributed by atoms with van der Waals surface area (Å²) in [6.07, 6.45) is 4.89. The number of aromatic nitrogens is 4. The maximum Gasteiger partial charge on any atom is 0.269 e. The van der Waals surface area contributed by atoms with Crippen LogP contribution >= 0.6 is 0 Å². The van der Waals surface area contributed by atoms with Gasteiger partial charge in [-0.25, -0.2) is 4.98 Å². The molecule has 3 aromatic heterocycles. The Balaban J connectivity index is 1.26. The molecule has 5 nitrogen and oxygen atoms in total. The molecule has 13 aromatic carbocycles. The lowest BCUT2D eigenvalue weighted by Gasteiger charge is -2.41. The van der Waals surface area contributed by atoms with Gasteiger partial charge in [0.05, 0.1) is 88.3 Å². The van der Waals surface area contributed by atoms with Crippen LogP contribution in [0.1, 0.15) is 81.2 Å². The highest BCUT2D eigenvalue weighted by atomic mass is 28.3. The van der Waals surface area contributed by atoms with Crippen LogP contribution < -0.4 is 50.8 Å². The van der Waals surface area contributed by atoms with Crippen molar-refractivity contribution < 1.29 is 64.1 Å². The van der Waals surface area contributed by atoms with Gasteiger partial charge in [0.2, 0.25) is 0 Å². The Morgan fingerprint density at radius 1 is 0.400 bits per heavy atom. The fourth-order valence-electron chi connectivity index (χ4n) is 12.3. The van der Waals surface area contributed by atoms with Crippen molar-refractivity contribution in [2.75, 3.05) is 0 Å². The molecule has 0 aliphatic heterocycles. The lowest BCUT2D eigenvalue weighted by molar-refractivity contribution is -0.570. The van der Waals surface area contributed by atoms with Gasteiger partial charge in [0.15, 0.2) is 16.1 Å². The summed E-state index contributed by atoms with van der Waals surface area (Å²) in [4.78, 5) is 4.82. The van der Waals surface area contributed by atoms with Crippen molar-refractivity contribution in [3.8, 4) is 50.9 Å². The third-order valence-corrected chi connectivity index (χ3v) is 24.8. The minimum Gasteiger partial charge on any atom is -0.458 e. The van der Waals surface area contributed by atoms with E-state index in [0.717, 1.165) is 55.3 Å². The summed E-state index contributed by atoms with van der Waals surface area (Å²) in [5, 5.41) is -9.28. The molecule has 0 spiro atoms. The number of hydrogen-bond donors (Lipinski definition) is 0. The van der Waals surface area contributed by atoms with Gasteiger partial charge in [0.25, 0.3) is 6.33 Å². The highest BCUT2D eigenvalue weighted by molar-refractivity contribution is 7.22. The smallest absolute Gasteiger partial charge is 0.269 e. The van der Waals surface area contributed by atoms with Crippen LogP contribution in [-0.4, -0.2) is 30.3 Å². The summed E-state index contributed by atoms with van der Waals surface area (Å²) in [5.74, 6) is 0.631. The fourth-order valence-corrected chi connectivity index (χ4v) is 20.5. The van der Waals surface area contributed by atoms with Crippen LogP contribution in [0.3, 0.4) is 0 Å². The Kier molecular flexibility index (Phi) is 7.65. The average Bonchev–Trinajstić information content (AvgIpc) is 1.42. The molecular weight excluding hydrogens is 1190 g/mol. The van der Waals surface area contributed by atoms with Crippen LogP contribution in [0.4, 0.5) is 0 Å². The van der Waals surface area contributed by atoms with Gasteiger partial charge in [0, 0.05) is 23.0 Å². The van der Waals surface area contributed by atoms with Crippen molar-refractivity contribution in [3.05, 3.63) is 369 Å². The molecular formula is C88H68N4OSi2. The normalized spacial score (nSPS) is 17.8. The van der Waals surface area contributed by atoms with Gasteiger partial charge in [-0.3, -0.25) is 13.7 Å². The second-order valence-corrected chi connectivity index (χ2v) is 29.8. The van der Waals surface area contributed by atoms with Gasteiger partial charge >= 0.3 is 0 Å². The fraction of sp³-hybridized carbons (Fsp3) is 0.0455. The van der Waals surface area contributed by atoms with Crippen molar-refractivity contribution in [2.24, 2.45) is 0 Å². The van der Waals surface area contributed by atoms with Gasteiger partial charge in [-0.1, -0.05) is 311 Å². The Bertz CT molecular complexity index is 7180. The summed E-state index contributed by atoms with van der Waals surface area (Å²) >= 11 is 0. The van der Waals surface area contributed by atoms with Crippen LogP contribution in [0, 0.1) is 6.33 Å². The predicted octanol–water partition coefficient (Wildman–Crippen LogP) is 15.4. The first-order chi connectivity index (χ1) is 63.3. The van der Waals surface area contributed by atoms with Crippen molar-refractivity contribution in [2.45, 2.75) is 26.2 Å². The SMILES string of the molecule is [2H]c1c([2H])c([2H])c(-c2cc([Si](c3c([2H])c([2H])c([2H])c([2H])c3[2H])(c3c([2H])c([2H])c([2H])c([2H])c3[2H])c3c([2H])c([2H])c([2H])c([2H])c3[2H])c(-[n+]3[c-]n(-c4cccc(Oc5ccc6c7ccccc7n(-c7cc(C(C)(C)C)ccn7)c6c5)c4)c4cc(-c5c([2H])c([2H])c([2H])c([2H])c5[2H])ccc43)c([Si](c3c([2H])c([2H])c([2H])c([2H])c3[2H])(c3c([2H])c([2H])c([2H])c([2H])c3[2H])c3c([2H])c([2H])c([2H])c([2H])c3[2H])c2)c([2H])c1[2H]. The zero-order chi connectivity index (χ0) is 98.7. The minimum absolute atomic E-state index is 0.0553. The lowest BCUT2D eigenvalue weighted by atomic mass is 9.88. The van der Waals surface area contributed by atoms with Crippen LogP contribution in [0.15, 0.2) is 357 Å². The summed E-state index contributed by atoms with van der Waals surface area (Å²) in [5.41, 5.74) is -3.38. The molecule has 0 unspecified atom stereocenters. The van der Waals surface area contributed by atoms with E-state index in [1.807, 2.05) is 61.7 Å². The first-order valence-corrected chi connectivity index (χ1v) is 33.4. The highest BCUT2D eigenvalue weighted by Crippen LogP contribution is 2.37. The lowest BCUT2D eigenvalue weighted by Crippen LogP contribution is -2.80. The Hall–Kier alpha value is -11.5. The van der Waals surface area contributed by atoms with Crippen molar-refractivity contribution in [3.63, 3.8) is 0 Å². The number of rotatable bonds is 15. The number of benzene rings is 13. The zero-order valence-corrected chi connectivity index (χ0v) is 52.2. The molecule has 16 rings (SSSR count). The van der Waals surface area contributed by atoms with E-state index in [2.05, 4.69) is 6.33 Å². The molecule has 0 saturated carbocycles. The number of hydrogen-bond acceptors (Lipinski definition) is 2. The molecule has 16 aromatic rings. The van der Waals surface area contributed by atoms with E-state index in [0.29, 0.717) is 11.3 Å². The standard InChI is InChI=1S/C88H68N4OSi2/c1-88(2,3)68-55-56-89-86(60-68)92-80-50-29-28-49-78(80)79-53-52-71(62-82(79)92)93-70-36-30-35-69(61-70)90-63-91(81-54-51-66(57-83(81)90)64-31-12-4-13-32-64)87-84(94(72-37-16-6-17-38-72,73-39-18-7-19-40-73)74-41-20-8-21-42-74)58-67(65-33-14-5-15-34-65)59-85(87)95(75-43-22-9-23-44-75,76-45-24-10-25-46-76)77-47-26-11-27-48-77/h4-62H,1-3H3/i4D,5D,6D,7D,8D,9D,10D,11D,12D,13D,14D,15D,16D,17D,18D,19D,20D,21D,22D,23D,24D,25D,26D,27D,31D,32D,33D,34D,37D,38D,39D,40D,41D,42D,43D,44D,45D,46D,47D,48D. The first kappa shape index (κ1) is 29.6. The van der Waals surface area contributed by atoms with Gasteiger partial charge < -0.3 is 4.74 Å². The van der Waals surface area contributed by atoms with Gasteiger partial charge in [-0.15, -0.1) is 0 Å². The molecule has 0 aliphatic rings. The second-order valence-electron chi connectivity index (χ2n) is 22.7. The van der Waals surface area contributed by atoms with E-state index in [9.17, 15) is 49.3 Å². The number of ether oxygens (including phenoxy) is 1. The topological polar surface area (TPSA) is 35.9 Å². The van der Waals surface area contributed by atoms with E-state index >= 15 is 0 Å². The third-order valence-electron chi connectivity index (χ3n) is 16.4. The zero-order valence-electron chi connectivity index (χ0n) is 90.2. The molecule has 0 radical (unpaired) electrons. The number of nitrogens with zero attached hydrogens (tertiary/aromatic N) is 4. The summed E-state index contributed by atoms with van der Waals surface area (Å²) in [7, 11) is -14.7. The molecule has 454 valence electrons. The molecule has 7 heteroatoms. The largest absolute Gasteiger partial charge is 0.458 e. The minimum atomic E-state index is -7.35. The molecule has 0 bridgehead atoms. The number of pyridine rings is 1. The Labute approximate surface area is 613 Å². The summed E-state index contributed by atoms with van der Waals surface area (Å²) < 4.78 is 405. The van der Waals surface area contributed by atoms with Crippen LogP contribution in [0.5, 0.6) is 11.5 Å². The van der Waals surface area contributed by atoms with E-state index in [1.54, 1.807) is 24.4 Å². The maximum absolute atomic E-state index is 10.6. The maximum atomic E-state index is 10.6. The van der Waals surface area contributed by atoms with Crippen LogP contribution in [0.25, 0.3) is 72.3 Å². The molecule has 0 N–H and O–H groups in total. The summed E-state index contributed by atoms with van der Waals surface area (Å²) in [6.45, 7) is 6.12. The number of imidazole rings is 1. The van der Waals surface area contributed by atoms with Crippen LogP contribution in [-0.2, 0) is 5.41 Å². The van der Waals surface area contributed by atoms with Gasteiger partial charge in [-0.2, -0.15) is 0 Å². The van der Waals surface area contributed by atoms with E-state index in [4.69, 9.17) is 15.2 Å². The van der Waals surface area contributed by atoms with Gasteiger partial charge in [-0.05, 0) is 129 Å². The molecule has 95 heavy (non-hydrogen) atoms. The quantitative estimate of drug-likeness (QED) is 0.0444. The molecule has 0 aliphatic carbocycles. The van der Waals surface area contributed by atoms with E-state index < -0.39 is 327 Å². The predicted molar refractivity (Wildman–Crippen MR) is 399 cm³/mol. The molecule has 0 saturated heterocycles. The number of fused-ring (bicyclic) bond motifs is 4. The van der Waals surface area contributed by atoms with Crippen LogP contribution in [0.2, 0.25) is 0 Å². The molecule has 0 fully saturated rings. The van der Waals surface area contributed by atoms with Crippen molar-refractivity contribution in [1.29, 1.82) is 0 Å². The second kappa shape index (κ2) is 24.5.